The highest BCUT2D eigenvalue weighted by molar-refractivity contribution is 6.81. The average Bonchev–Trinajstić information content (AvgIpc) is 1.78. The summed E-state index contributed by atoms with van der Waals surface area (Å²) in [5.41, 5.74) is 0. The Morgan fingerprint density at radius 3 is 1.50 bits per heavy atom. The third-order valence-electron chi connectivity index (χ3n) is 1.41. The van der Waals surface area contributed by atoms with E-state index in [-0.39, 0.29) is 0 Å². The third-order valence-corrected chi connectivity index (χ3v) is 10.0. The van der Waals surface area contributed by atoms with Gasteiger partial charge in [-0.05, 0) is 45.3 Å². The van der Waals surface area contributed by atoms with Crippen molar-refractivity contribution < 1.29 is 8.23 Å². The molecule has 0 aromatic rings. The zero-order chi connectivity index (χ0) is 11.4. The largest absolute Gasteiger partial charge is 0.439 e. The summed E-state index contributed by atoms with van der Waals surface area (Å²) in [6, 6.07) is 1.05. The Balaban J connectivity index is 4.16. The van der Waals surface area contributed by atoms with Crippen LogP contribution in [0.5, 0.6) is 0 Å². The fourth-order valence-corrected chi connectivity index (χ4v) is 9.31. The van der Waals surface area contributed by atoms with E-state index < -0.39 is 25.9 Å². The number of hydrogen-bond acceptors (Lipinski definition) is 2. The summed E-state index contributed by atoms with van der Waals surface area (Å²) in [6.07, 6.45) is 0.936. The molecule has 0 saturated carbocycles. The van der Waals surface area contributed by atoms with Gasteiger partial charge in [-0.2, -0.15) is 0 Å². The van der Waals surface area contributed by atoms with Crippen LogP contribution in [0.3, 0.4) is 0 Å². The molecule has 0 amide bonds. The van der Waals surface area contributed by atoms with Crippen molar-refractivity contribution in [3.63, 3.8) is 0 Å². The molecule has 85 valence electrons. The lowest BCUT2D eigenvalue weighted by Crippen LogP contribution is -2.43. The van der Waals surface area contributed by atoms with Crippen LogP contribution in [-0.4, -0.2) is 25.9 Å². The topological polar surface area (TPSA) is 18.5 Å². The zero-order valence-corrected chi connectivity index (χ0v) is 13.7. The van der Waals surface area contributed by atoms with Gasteiger partial charge in [0.25, 0.3) is 0 Å². The first-order valence-corrected chi connectivity index (χ1v) is 13.9. The monoisotopic (exact) mass is 249 g/mol. The van der Waals surface area contributed by atoms with Crippen molar-refractivity contribution in [1.82, 2.24) is 0 Å². The molecule has 0 aliphatic rings. The summed E-state index contributed by atoms with van der Waals surface area (Å²) in [4.78, 5) is 0. The van der Waals surface area contributed by atoms with E-state index in [1.54, 1.807) is 0 Å². The molecule has 0 saturated heterocycles. The fraction of sp³-hybridized carbons (Fsp3) is 0.889. The van der Waals surface area contributed by atoms with Crippen LogP contribution in [0, 0.1) is 6.92 Å². The third kappa shape index (κ3) is 9.14. The number of rotatable bonds is 6. The smallest absolute Gasteiger partial charge is 0.300 e. The van der Waals surface area contributed by atoms with Crippen LogP contribution in [0.1, 0.15) is 6.42 Å². The Morgan fingerprint density at radius 2 is 1.29 bits per heavy atom. The van der Waals surface area contributed by atoms with Gasteiger partial charge in [-0.15, -0.1) is 0 Å². The molecule has 0 aliphatic heterocycles. The Bertz CT molecular complexity index is 144. The van der Waals surface area contributed by atoms with Crippen LogP contribution < -0.4 is 0 Å². The highest BCUT2D eigenvalue weighted by atomic mass is 28.4. The summed E-state index contributed by atoms with van der Waals surface area (Å²) >= 11 is 0. The first-order valence-electron chi connectivity index (χ1n) is 5.29. The quantitative estimate of drug-likeness (QED) is 0.673. The van der Waals surface area contributed by atoms with Crippen molar-refractivity contribution in [3.8, 4) is 0 Å². The molecule has 0 aliphatic carbocycles. The van der Waals surface area contributed by atoms with E-state index in [2.05, 4.69) is 46.2 Å². The highest BCUT2D eigenvalue weighted by Gasteiger charge is 2.27. The van der Waals surface area contributed by atoms with E-state index in [4.69, 9.17) is 8.23 Å². The Hall–Kier alpha value is 0.571. The van der Waals surface area contributed by atoms with Gasteiger partial charge in [0.1, 0.15) is 0 Å². The van der Waals surface area contributed by atoms with Crippen molar-refractivity contribution >= 4 is 25.9 Å². The van der Waals surface area contributed by atoms with Gasteiger partial charge in [0.15, 0.2) is 16.6 Å². The van der Waals surface area contributed by atoms with Crippen molar-refractivity contribution in [3.05, 3.63) is 6.92 Å². The summed E-state index contributed by atoms with van der Waals surface area (Å²) < 4.78 is 12.2. The lowest BCUT2D eigenvalue weighted by molar-refractivity contribution is 0.417. The van der Waals surface area contributed by atoms with Crippen molar-refractivity contribution in [2.24, 2.45) is 0 Å². The zero-order valence-electron chi connectivity index (χ0n) is 10.5. The Morgan fingerprint density at radius 1 is 0.929 bits per heavy atom. The molecule has 0 atom stereocenters. The minimum absolute atomic E-state index is 0.936. The molecule has 0 N–H and O–H groups in total. The molecule has 0 heterocycles. The molecule has 0 aromatic carbocycles. The van der Waals surface area contributed by atoms with Gasteiger partial charge in [0.2, 0.25) is 0 Å². The van der Waals surface area contributed by atoms with Crippen LogP contribution in [0.2, 0.25) is 45.3 Å². The molecule has 14 heavy (non-hydrogen) atoms. The predicted octanol–water partition coefficient (Wildman–Crippen LogP) is 3.13. The molecular formula is C9H25O2Si3. The van der Waals surface area contributed by atoms with E-state index in [9.17, 15) is 0 Å². The van der Waals surface area contributed by atoms with Gasteiger partial charge in [0.05, 0.1) is 0 Å². The van der Waals surface area contributed by atoms with Crippen molar-refractivity contribution in [1.29, 1.82) is 0 Å². The van der Waals surface area contributed by atoms with Crippen molar-refractivity contribution in [2.75, 3.05) is 0 Å². The first-order chi connectivity index (χ1) is 6.14. The minimum Gasteiger partial charge on any atom is -0.439 e. The average molecular weight is 250 g/mol. The molecule has 0 spiro atoms. The fourth-order valence-electron chi connectivity index (χ4n) is 1.10. The first kappa shape index (κ1) is 14.6. The maximum atomic E-state index is 6.10. The second-order valence-electron chi connectivity index (χ2n) is 5.53. The van der Waals surface area contributed by atoms with Crippen LogP contribution in [0.4, 0.5) is 0 Å². The molecule has 0 fully saturated rings. The maximum absolute atomic E-state index is 6.10. The van der Waals surface area contributed by atoms with E-state index >= 15 is 0 Å². The second kappa shape index (κ2) is 5.60. The summed E-state index contributed by atoms with van der Waals surface area (Å²) in [5, 5.41) is 0. The van der Waals surface area contributed by atoms with E-state index in [1.165, 1.54) is 0 Å². The van der Waals surface area contributed by atoms with E-state index in [1.807, 2.05) is 0 Å². The van der Waals surface area contributed by atoms with Gasteiger partial charge >= 0.3 is 9.28 Å². The molecule has 1 radical (unpaired) electrons. The van der Waals surface area contributed by atoms with Crippen molar-refractivity contribution in [2.45, 2.75) is 51.7 Å². The molecular weight excluding hydrogens is 224 g/mol. The standard InChI is InChI=1S/C9H25O2Si3/c1-8-9-12(10-13(2,3)4)11-14(5,6)7/h12H,1,8-9H2,2-7H3. The maximum Gasteiger partial charge on any atom is 0.300 e. The lowest BCUT2D eigenvalue weighted by Gasteiger charge is -2.30. The van der Waals surface area contributed by atoms with E-state index in [0.717, 1.165) is 12.5 Å². The van der Waals surface area contributed by atoms with Gasteiger partial charge in [0, 0.05) is 0 Å². The molecule has 5 heteroatoms. The summed E-state index contributed by atoms with van der Waals surface area (Å²) in [7, 11) is -4.28. The molecule has 2 nitrogen and oxygen atoms in total. The van der Waals surface area contributed by atoms with Crippen LogP contribution >= 0.6 is 0 Å². The Kier molecular flexibility index (Phi) is 5.83. The molecule has 0 bridgehead atoms. The molecule has 0 rings (SSSR count). The van der Waals surface area contributed by atoms with Crippen LogP contribution in [0.25, 0.3) is 0 Å². The second-order valence-corrected chi connectivity index (χ2v) is 17.3. The summed E-state index contributed by atoms with van der Waals surface area (Å²) in [6.45, 7) is 17.2. The Labute approximate surface area is 93.1 Å². The van der Waals surface area contributed by atoms with E-state index in [0.29, 0.717) is 0 Å². The highest BCUT2D eigenvalue weighted by Crippen LogP contribution is 2.15. The van der Waals surface area contributed by atoms with Crippen LogP contribution in [-0.2, 0) is 8.23 Å². The van der Waals surface area contributed by atoms with Gasteiger partial charge < -0.3 is 8.23 Å². The molecule has 0 unspecified atom stereocenters. The van der Waals surface area contributed by atoms with Gasteiger partial charge in [-0.3, -0.25) is 0 Å². The normalized spacial score (nSPS) is 13.7. The lowest BCUT2D eigenvalue weighted by atomic mass is 10.6. The SMILES string of the molecule is [CH2]CC[SiH](O[Si](C)(C)C)O[Si](C)(C)C. The van der Waals surface area contributed by atoms with Gasteiger partial charge in [-0.1, -0.05) is 13.3 Å². The van der Waals surface area contributed by atoms with Gasteiger partial charge in [-0.25, -0.2) is 0 Å². The minimum atomic E-state index is -1.43. The molecule has 0 aromatic heterocycles. The summed E-state index contributed by atoms with van der Waals surface area (Å²) in [5.74, 6) is 0. The van der Waals surface area contributed by atoms with Crippen LogP contribution in [0.15, 0.2) is 0 Å². The number of hydrogen-bond donors (Lipinski definition) is 0. The predicted molar refractivity (Wildman–Crippen MR) is 70.8 cm³/mol.